The van der Waals surface area contributed by atoms with Crippen LogP contribution >= 0.6 is 0 Å². The van der Waals surface area contributed by atoms with Crippen LogP contribution < -0.4 is 0 Å². The van der Waals surface area contributed by atoms with Crippen LogP contribution in [-0.2, 0) is 11.0 Å². The number of benzene rings is 2. The fourth-order valence-corrected chi connectivity index (χ4v) is 2.21. The Balaban J connectivity index is 2.61. The molecule has 0 bridgehead atoms. The molecule has 2 nitrogen and oxygen atoms in total. The quantitative estimate of drug-likeness (QED) is 0.642. The summed E-state index contributed by atoms with van der Waals surface area (Å²) in [5.74, 6) is -1.27. The zero-order chi connectivity index (χ0) is 17.2. The molecule has 0 aliphatic heterocycles. The third kappa shape index (κ3) is 3.80. The molecule has 23 heavy (non-hydrogen) atoms. The molecule has 0 aromatic heterocycles. The highest BCUT2D eigenvalue weighted by molar-refractivity contribution is 6.20. The van der Waals surface area contributed by atoms with E-state index in [4.69, 9.17) is 0 Å². The highest BCUT2D eigenvalue weighted by Crippen LogP contribution is 2.33. The molecule has 0 fully saturated rings. The lowest BCUT2D eigenvalue weighted by molar-refractivity contribution is -0.137. The number of carboxylic acids is 1. The zero-order valence-corrected chi connectivity index (χ0v) is 12.6. The minimum Gasteiger partial charge on any atom is -0.478 e. The number of aryl methyl sites for hydroxylation is 2. The van der Waals surface area contributed by atoms with Gasteiger partial charge in [0.1, 0.15) is 0 Å². The molecule has 2 rings (SSSR count). The second-order valence-corrected chi connectivity index (χ2v) is 5.25. The first kappa shape index (κ1) is 16.8. The lowest BCUT2D eigenvalue weighted by Crippen LogP contribution is -2.08. The largest absolute Gasteiger partial charge is 0.478 e. The van der Waals surface area contributed by atoms with Gasteiger partial charge < -0.3 is 5.11 Å². The number of rotatable bonds is 3. The van der Waals surface area contributed by atoms with Crippen LogP contribution in [0.2, 0.25) is 0 Å². The van der Waals surface area contributed by atoms with Gasteiger partial charge in [-0.1, -0.05) is 36.4 Å². The molecule has 0 spiro atoms. The first-order valence-electron chi connectivity index (χ1n) is 6.89. The van der Waals surface area contributed by atoms with E-state index in [0.29, 0.717) is 5.56 Å². The molecule has 0 heterocycles. The minimum atomic E-state index is -4.54. The maximum Gasteiger partial charge on any atom is 0.416 e. The van der Waals surface area contributed by atoms with E-state index in [-0.39, 0.29) is 11.1 Å². The van der Waals surface area contributed by atoms with Crippen LogP contribution in [0.4, 0.5) is 13.2 Å². The first-order chi connectivity index (χ1) is 10.7. The monoisotopic (exact) mass is 320 g/mol. The molecule has 0 amide bonds. The predicted octanol–water partition coefficient (Wildman–Crippen LogP) is 4.95. The van der Waals surface area contributed by atoms with E-state index in [2.05, 4.69) is 0 Å². The molecule has 120 valence electrons. The van der Waals surface area contributed by atoms with Crippen LogP contribution in [0.1, 0.15) is 27.8 Å². The van der Waals surface area contributed by atoms with Crippen molar-refractivity contribution in [2.75, 3.05) is 0 Å². The molecular formula is C18H15F3O2. The molecule has 2 aromatic carbocycles. The van der Waals surface area contributed by atoms with E-state index in [1.54, 1.807) is 18.2 Å². The van der Waals surface area contributed by atoms with Crippen molar-refractivity contribution < 1.29 is 23.1 Å². The number of aliphatic carboxylic acids is 1. The molecule has 0 aliphatic rings. The van der Waals surface area contributed by atoms with Gasteiger partial charge in [-0.15, -0.1) is 0 Å². The molecule has 2 aromatic rings. The van der Waals surface area contributed by atoms with Crippen molar-refractivity contribution in [3.63, 3.8) is 0 Å². The number of halogens is 3. The maximum absolute atomic E-state index is 13.0. The van der Waals surface area contributed by atoms with Gasteiger partial charge in [-0.05, 0) is 48.2 Å². The van der Waals surface area contributed by atoms with E-state index in [1.165, 1.54) is 18.2 Å². The van der Waals surface area contributed by atoms with Crippen molar-refractivity contribution in [1.29, 1.82) is 0 Å². The zero-order valence-electron chi connectivity index (χ0n) is 12.6. The van der Waals surface area contributed by atoms with Crippen molar-refractivity contribution >= 4 is 17.6 Å². The molecule has 0 unspecified atom stereocenters. The Morgan fingerprint density at radius 2 is 1.70 bits per heavy atom. The van der Waals surface area contributed by atoms with Crippen molar-refractivity contribution in [1.82, 2.24) is 0 Å². The smallest absolute Gasteiger partial charge is 0.416 e. The minimum absolute atomic E-state index is 0.171. The molecule has 0 aliphatic carbocycles. The van der Waals surface area contributed by atoms with E-state index in [0.717, 1.165) is 23.3 Å². The Hall–Kier alpha value is -2.56. The summed E-state index contributed by atoms with van der Waals surface area (Å²) in [6, 6.07) is 9.91. The van der Waals surface area contributed by atoms with Gasteiger partial charge in [0.2, 0.25) is 0 Å². The highest BCUT2D eigenvalue weighted by atomic mass is 19.4. The normalized spacial score (nSPS) is 12.3. The Morgan fingerprint density at radius 1 is 1.04 bits per heavy atom. The lowest BCUT2D eigenvalue weighted by Gasteiger charge is -2.11. The topological polar surface area (TPSA) is 37.3 Å². The average molecular weight is 320 g/mol. The van der Waals surface area contributed by atoms with Gasteiger partial charge in [0.15, 0.2) is 0 Å². The molecule has 5 heteroatoms. The maximum atomic E-state index is 13.0. The summed E-state index contributed by atoms with van der Waals surface area (Å²) < 4.78 is 39.1. The van der Waals surface area contributed by atoms with Gasteiger partial charge >= 0.3 is 12.1 Å². The van der Waals surface area contributed by atoms with Crippen molar-refractivity contribution in [3.05, 3.63) is 70.3 Å². The molecular weight excluding hydrogens is 305 g/mol. The van der Waals surface area contributed by atoms with E-state index >= 15 is 0 Å². The van der Waals surface area contributed by atoms with Crippen LogP contribution in [0.3, 0.4) is 0 Å². The summed E-state index contributed by atoms with van der Waals surface area (Å²) in [6.45, 7) is 3.70. The summed E-state index contributed by atoms with van der Waals surface area (Å²) in [5.41, 5.74) is 1.02. The second kappa shape index (κ2) is 6.28. The van der Waals surface area contributed by atoms with Gasteiger partial charge in [-0.25, -0.2) is 4.79 Å². The van der Waals surface area contributed by atoms with Gasteiger partial charge in [0.25, 0.3) is 0 Å². The van der Waals surface area contributed by atoms with Gasteiger partial charge in [-0.3, -0.25) is 0 Å². The Kier molecular flexibility index (Phi) is 4.59. The van der Waals surface area contributed by atoms with Crippen LogP contribution in [0.5, 0.6) is 0 Å². The SMILES string of the molecule is Cc1ccc(/C(=C/c2ccccc2C(F)(F)F)C(=O)O)cc1C. The van der Waals surface area contributed by atoms with Crippen LogP contribution in [-0.4, -0.2) is 11.1 Å². The fourth-order valence-electron chi connectivity index (χ4n) is 2.21. The van der Waals surface area contributed by atoms with Gasteiger partial charge in [0.05, 0.1) is 11.1 Å². The molecule has 1 N–H and O–H groups in total. The average Bonchev–Trinajstić information content (AvgIpc) is 2.47. The first-order valence-corrected chi connectivity index (χ1v) is 6.89. The van der Waals surface area contributed by atoms with E-state index < -0.39 is 17.7 Å². The lowest BCUT2D eigenvalue weighted by atomic mass is 9.97. The van der Waals surface area contributed by atoms with Crippen molar-refractivity contribution in [2.45, 2.75) is 20.0 Å². The number of hydrogen-bond donors (Lipinski definition) is 1. The standard InChI is InChI=1S/C18H15F3O2/c1-11-7-8-13(9-12(11)2)15(17(22)23)10-14-5-3-4-6-16(14)18(19,20)21/h3-10H,1-2H3,(H,22,23)/b15-10-. The summed E-state index contributed by atoms with van der Waals surface area (Å²) in [5, 5.41) is 9.39. The van der Waals surface area contributed by atoms with Crippen LogP contribution in [0, 0.1) is 13.8 Å². The second-order valence-electron chi connectivity index (χ2n) is 5.25. The third-order valence-corrected chi connectivity index (χ3v) is 3.61. The van der Waals surface area contributed by atoms with Gasteiger partial charge in [0, 0.05) is 0 Å². The summed E-state index contributed by atoms with van der Waals surface area (Å²) >= 11 is 0. The van der Waals surface area contributed by atoms with Crippen LogP contribution in [0.25, 0.3) is 11.6 Å². The van der Waals surface area contributed by atoms with Crippen molar-refractivity contribution in [2.24, 2.45) is 0 Å². The number of carbonyl (C=O) groups is 1. The summed E-state index contributed by atoms with van der Waals surface area (Å²) in [6.07, 6.45) is -3.48. The Labute approximate surface area is 131 Å². The molecule has 0 saturated heterocycles. The predicted molar refractivity (Wildman–Crippen MR) is 82.9 cm³/mol. The van der Waals surface area contributed by atoms with Crippen molar-refractivity contribution in [3.8, 4) is 0 Å². The summed E-state index contributed by atoms with van der Waals surface area (Å²) in [4.78, 5) is 11.5. The van der Waals surface area contributed by atoms with E-state index in [9.17, 15) is 23.1 Å². The number of alkyl halides is 3. The fraction of sp³-hybridized carbons (Fsp3) is 0.167. The highest BCUT2D eigenvalue weighted by Gasteiger charge is 2.32. The number of carboxylic acid groups (broad SMARTS) is 1. The molecule has 0 saturated carbocycles. The van der Waals surface area contributed by atoms with E-state index in [1.807, 2.05) is 13.8 Å². The Morgan fingerprint density at radius 3 is 2.26 bits per heavy atom. The summed E-state index contributed by atoms with van der Waals surface area (Å²) in [7, 11) is 0. The molecule has 0 atom stereocenters. The third-order valence-electron chi connectivity index (χ3n) is 3.61. The molecule has 0 radical (unpaired) electrons. The Bertz CT molecular complexity index is 774. The van der Waals surface area contributed by atoms with Gasteiger partial charge in [-0.2, -0.15) is 13.2 Å². The number of hydrogen-bond acceptors (Lipinski definition) is 1. The van der Waals surface area contributed by atoms with Crippen LogP contribution in [0.15, 0.2) is 42.5 Å².